The lowest BCUT2D eigenvalue weighted by Crippen LogP contribution is -2.16. The van der Waals surface area contributed by atoms with E-state index in [4.69, 9.17) is 10.5 Å². The summed E-state index contributed by atoms with van der Waals surface area (Å²) < 4.78 is 8.01. The molecule has 100 valence electrons. The van der Waals surface area contributed by atoms with Crippen LogP contribution >= 0.6 is 31.9 Å². The number of nitrogens with two attached hydrogens (primary N) is 1. The van der Waals surface area contributed by atoms with Gasteiger partial charge in [0.2, 0.25) is 0 Å². The number of hydrogen-bond donors (Lipinski definition) is 1. The largest absolute Gasteiger partial charge is 0.367 e. The van der Waals surface area contributed by atoms with E-state index in [-0.39, 0.29) is 6.10 Å². The highest BCUT2D eigenvalue weighted by molar-refractivity contribution is 9.10. The molecule has 0 aromatic heterocycles. The molecule has 1 unspecified atom stereocenters. The molecule has 0 bridgehead atoms. The van der Waals surface area contributed by atoms with Crippen molar-refractivity contribution in [3.8, 4) is 0 Å². The van der Waals surface area contributed by atoms with Crippen molar-refractivity contribution in [1.82, 2.24) is 0 Å². The molecule has 0 radical (unpaired) electrons. The Bertz CT molecular complexity index is 545. The molecule has 4 heteroatoms. The zero-order chi connectivity index (χ0) is 13.7. The first-order chi connectivity index (χ1) is 9.20. The van der Waals surface area contributed by atoms with Crippen molar-refractivity contribution in [2.75, 3.05) is 6.54 Å². The molecule has 2 aromatic carbocycles. The number of rotatable bonds is 5. The van der Waals surface area contributed by atoms with Gasteiger partial charge >= 0.3 is 0 Å². The Morgan fingerprint density at radius 2 is 1.84 bits per heavy atom. The number of hydrogen-bond acceptors (Lipinski definition) is 2. The van der Waals surface area contributed by atoms with Crippen LogP contribution in [0.5, 0.6) is 0 Å². The molecule has 0 heterocycles. The molecule has 2 rings (SSSR count). The predicted molar refractivity (Wildman–Crippen MR) is 84.9 cm³/mol. The van der Waals surface area contributed by atoms with Gasteiger partial charge in [0.05, 0.1) is 12.7 Å². The fraction of sp³-hybridized carbons (Fsp3) is 0.200. The van der Waals surface area contributed by atoms with Gasteiger partial charge in [-0.05, 0) is 29.3 Å². The molecule has 1 atom stereocenters. The number of halogens is 2. The molecule has 2 N–H and O–H groups in total. The standard InChI is InChI=1S/C15H15Br2NO/c16-12-5-3-4-11(8-12)10-19-15(9-18)13-6-1-2-7-14(13)17/h1-8,15H,9-10,18H2. The summed E-state index contributed by atoms with van der Waals surface area (Å²) in [7, 11) is 0. The predicted octanol–water partition coefficient (Wildman–Crippen LogP) is 4.43. The van der Waals surface area contributed by atoms with Crippen LogP contribution in [0.1, 0.15) is 17.2 Å². The first kappa shape index (κ1) is 14.7. The van der Waals surface area contributed by atoms with Crippen molar-refractivity contribution in [3.05, 3.63) is 68.6 Å². The second kappa shape index (κ2) is 7.20. The topological polar surface area (TPSA) is 35.2 Å². The average molecular weight is 385 g/mol. The molecule has 2 aromatic rings. The minimum atomic E-state index is -0.102. The summed E-state index contributed by atoms with van der Waals surface area (Å²) >= 11 is 6.99. The second-order valence-electron chi connectivity index (χ2n) is 4.19. The van der Waals surface area contributed by atoms with Gasteiger partial charge in [0.15, 0.2) is 0 Å². The highest BCUT2D eigenvalue weighted by atomic mass is 79.9. The normalized spacial score (nSPS) is 12.4. The lowest BCUT2D eigenvalue weighted by molar-refractivity contribution is 0.0452. The summed E-state index contributed by atoms with van der Waals surface area (Å²) in [5.41, 5.74) is 8.02. The molecule has 2 nitrogen and oxygen atoms in total. The molecule has 0 fully saturated rings. The van der Waals surface area contributed by atoms with Crippen LogP contribution in [0.15, 0.2) is 57.5 Å². The van der Waals surface area contributed by atoms with E-state index in [1.807, 2.05) is 48.5 Å². The van der Waals surface area contributed by atoms with Crippen LogP contribution in [0.25, 0.3) is 0 Å². The summed E-state index contributed by atoms with van der Waals surface area (Å²) in [5.74, 6) is 0. The van der Waals surface area contributed by atoms with Gasteiger partial charge in [-0.2, -0.15) is 0 Å². The van der Waals surface area contributed by atoms with Crippen molar-refractivity contribution in [2.24, 2.45) is 5.73 Å². The maximum absolute atomic E-state index is 5.92. The highest BCUT2D eigenvalue weighted by Gasteiger charge is 2.13. The van der Waals surface area contributed by atoms with Gasteiger partial charge in [-0.25, -0.2) is 0 Å². The SMILES string of the molecule is NCC(OCc1cccc(Br)c1)c1ccccc1Br. The third kappa shape index (κ3) is 4.14. The maximum Gasteiger partial charge on any atom is 0.0962 e. The van der Waals surface area contributed by atoms with E-state index in [0.717, 1.165) is 20.1 Å². The van der Waals surface area contributed by atoms with Crippen LogP contribution in [-0.2, 0) is 11.3 Å². The van der Waals surface area contributed by atoms with Crippen molar-refractivity contribution >= 4 is 31.9 Å². The Morgan fingerprint density at radius 3 is 2.53 bits per heavy atom. The molecule has 0 aliphatic rings. The molecule has 0 amide bonds. The van der Waals surface area contributed by atoms with Crippen molar-refractivity contribution in [3.63, 3.8) is 0 Å². The fourth-order valence-electron chi connectivity index (χ4n) is 1.84. The first-order valence-corrected chi connectivity index (χ1v) is 7.60. The van der Waals surface area contributed by atoms with E-state index in [2.05, 4.69) is 31.9 Å². The van der Waals surface area contributed by atoms with Crippen LogP contribution < -0.4 is 5.73 Å². The zero-order valence-corrected chi connectivity index (χ0v) is 13.5. The van der Waals surface area contributed by atoms with Crippen molar-refractivity contribution < 1.29 is 4.74 Å². The smallest absolute Gasteiger partial charge is 0.0962 e. The zero-order valence-electron chi connectivity index (χ0n) is 10.4. The minimum absolute atomic E-state index is 0.102. The first-order valence-electron chi connectivity index (χ1n) is 6.01. The van der Waals surface area contributed by atoms with E-state index in [0.29, 0.717) is 13.2 Å². The summed E-state index contributed by atoms with van der Waals surface area (Å²) in [6.45, 7) is 0.999. The fourth-order valence-corrected chi connectivity index (χ4v) is 2.83. The third-order valence-corrected chi connectivity index (χ3v) is 4.02. The summed E-state index contributed by atoms with van der Waals surface area (Å²) in [6.07, 6.45) is -0.102. The van der Waals surface area contributed by atoms with Crippen molar-refractivity contribution in [2.45, 2.75) is 12.7 Å². The van der Waals surface area contributed by atoms with Gasteiger partial charge in [0.1, 0.15) is 0 Å². The minimum Gasteiger partial charge on any atom is -0.367 e. The van der Waals surface area contributed by atoms with Crippen molar-refractivity contribution in [1.29, 1.82) is 0 Å². The van der Waals surface area contributed by atoms with Gasteiger partial charge in [0, 0.05) is 15.5 Å². The molecular weight excluding hydrogens is 370 g/mol. The second-order valence-corrected chi connectivity index (χ2v) is 5.96. The van der Waals surface area contributed by atoms with E-state index in [1.54, 1.807) is 0 Å². The van der Waals surface area contributed by atoms with Crippen LogP contribution in [0, 0.1) is 0 Å². The molecule has 0 spiro atoms. The third-order valence-electron chi connectivity index (χ3n) is 2.81. The van der Waals surface area contributed by atoms with Gasteiger partial charge in [-0.1, -0.05) is 62.2 Å². The van der Waals surface area contributed by atoms with Gasteiger partial charge < -0.3 is 10.5 Å². The number of ether oxygens (including phenoxy) is 1. The Hall–Kier alpha value is -0.680. The summed E-state index contributed by atoms with van der Waals surface area (Å²) in [5, 5.41) is 0. The van der Waals surface area contributed by atoms with Crippen LogP contribution in [0.2, 0.25) is 0 Å². The van der Waals surface area contributed by atoms with Gasteiger partial charge in [-0.15, -0.1) is 0 Å². The molecule has 19 heavy (non-hydrogen) atoms. The van der Waals surface area contributed by atoms with E-state index >= 15 is 0 Å². The molecule has 0 saturated carbocycles. The Kier molecular flexibility index (Phi) is 5.58. The molecule has 0 saturated heterocycles. The maximum atomic E-state index is 5.92. The Labute approximate surface area is 130 Å². The molecule has 0 aliphatic carbocycles. The molecular formula is C15H15Br2NO. The Morgan fingerprint density at radius 1 is 1.05 bits per heavy atom. The van der Waals surface area contributed by atoms with Gasteiger partial charge in [-0.3, -0.25) is 0 Å². The lowest BCUT2D eigenvalue weighted by atomic mass is 10.1. The van der Waals surface area contributed by atoms with E-state index in [1.165, 1.54) is 0 Å². The summed E-state index contributed by atoms with van der Waals surface area (Å²) in [6, 6.07) is 16.1. The van der Waals surface area contributed by atoms with Crippen LogP contribution in [0.4, 0.5) is 0 Å². The van der Waals surface area contributed by atoms with Gasteiger partial charge in [0.25, 0.3) is 0 Å². The average Bonchev–Trinajstić information content (AvgIpc) is 2.41. The van der Waals surface area contributed by atoms with Crippen LogP contribution in [-0.4, -0.2) is 6.54 Å². The number of benzene rings is 2. The Balaban J connectivity index is 2.06. The molecule has 0 aliphatic heterocycles. The monoisotopic (exact) mass is 383 g/mol. The highest BCUT2D eigenvalue weighted by Crippen LogP contribution is 2.26. The van der Waals surface area contributed by atoms with E-state index in [9.17, 15) is 0 Å². The quantitative estimate of drug-likeness (QED) is 0.827. The summed E-state index contributed by atoms with van der Waals surface area (Å²) in [4.78, 5) is 0. The van der Waals surface area contributed by atoms with Crippen LogP contribution in [0.3, 0.4) is 0 Å². The van der Waals surface area contributed by atoms with E-state index < -0.39 is 0 Å². The lowest BCUT2D eigenvalue weighted by Gasteiger charge is -2.18.